The lowest BCUT2D eigenvalue weighted by atomic mass is 10.0. The van der Waals surface area contributed by atoms with Gasteiger partial charge in [-0.3, -0.25) is 4.98 Å². The molecule has 1 aliphatic rings. The van der Waals surface area contributed by atoms with Crippen molar-refractivity contribution < 1.29 is 9.84 Å². The van der Waals surface area contributed by atoms with Crippen LogP contribution in [0.2, 0.25) is 5.02 Å². The molecule has 1 aliphatic heterocycles. The highest BCUT2D eigenvalue weighted by molar-refractivity contribution is 6.32. The van der Waals surface area contributed by atoms with Crippen LogP contribution in [0.4, 0.5) is 17.2 Å². The first-order valence-corrected chi connectivity index (χ1v) is 11.1. The second kappa shape index (κ2) is 9.13. The van der Waals surface area contributed by atoms with Crippen LogP contribution in [0.15, 0.2) is 60.9 Å². The summed E-state index contributed by atoms with van der Waals surface area (Å²) in [4.78, 5) is 9.04. The lowest BCUT2D eigenvalue weighted by Gasteiger charge is -2.14. The number of anilines is 3. The van der Waals surface area contributed by atoms with Gasteiger partial charge in [-0.25, -0.2) is 4.98 Å². The average molecular weight is 462 g/mol. The number of nitrogens with one attached hydrogen (secondary N) is 3. The van der Waals surface area contributed by atoms with E-state index in [1.165, 1.54) is 7.11 Å². The van der Waals surface area contributed by atoms with E-state index in [1.807, 2.05) is 42.6 Å². The van der Waals surface area contributed by atoms with Crippen molar-refractivity contribution >= 4 is 39.7 Å². The average Bonchev–Trinajstić information content (AvgIpc) is 3.35. The van der Waals surface area contributed by atoms with E-state index in [0.717, 1.165) is 58.7 Å². The molecule has 0 amide bonds. The normalized spacial score (nSPS) is 15.5. The Balaban J connectivity index is 1.44. The molecule has 0 aliphatic carbocycles. The molecule has 33 heavy (non-hydrogen) atoms. The SMILES string of the molecule is COc1cc(-c2ccc3nccc(Nc4ccc(NC5CCNC5)nc4)c3c2)cc(Cl)c1O. The minimum atomic E-state index is -0.0673. The van der Waals surface area contributed by atoms with Gasteiger partial charge in [0.2, 0.25) is 0 Å². The van der Waals surface area contributed by atoms with E-state index in [9.17, 15) is 5.11 Å². The largest absolute Gasteiger partial charge is 0.503 e. The van der Waals surface area contributed by atoms with E-state index >= 15 is 0 Å². The number of fused-ring (bicyclic) bond motifs is 1. The number of phenols is 1. The van der Waals surface area contributed by atoms with Crippen LogP contribution >= 0.6 is 11.6 Å². The Bertz CT molecular complexity index is 1290. The van der Waals surface area contributed by atoms with Crippen LogP contribution in [-0.4, -0.2) is 41.3 Å². The number of pyridine rings is 2. The first-order chi connectivity index (χ1) is 16.1. The number of halogens is 1. The molecule has 3 heterocycles. The number of aromatic nitrogens is 2. The van der Waals surface area contributed by atoms with Gasteiger partial charge in [-0.05, 0) is 66.6 Å². The highest BCUT2D eigenvalue weighted by atomic mass is 35.5. The second-order valence-corrected chi connectivity index (χ2v) is 8.40. The quantitative estimate of drug-likeness (QED) is 0.314. The molecule has 4 N–H and O–H groups in total. The van der Waals surface area contributed by atoms with Gasteiger partial charge < -0.3 is 25.8 Å². The van der Waals surface area contributed by atoms with Crippen LogP contribution in [0.25, 0.3) is 22.0 Å². The number of phenolic OH excluding ortho intramolecular Hbond substituents is 1. The van der Waals surface area contributed by atoms with Gasteiger partial charge in [-0.15, -0.1) is 0 Å². The minimum Gasteiger partial charge on any atom is -0.503 e. The number of rotatable bonds is 6. The molecule has 2 aromatic carbocycles. The van der Waals surface area contributed by atoms with E-state index in [0.29, 0.717) is 11.8 Å². The zero-order valence-corrected chi connectivity index (χ0v) is 18.9. The van der Waals surface area contributed by atoms with Crippen LogP contribution < -0.4 is 20.7 Å². The highest BCUT2D eigenvalue weighted by Crippen LogP contribution is 2.39. The minimum absolute atomic E-state index is 0.0673. The summed E-state index contributed by atoms with van der Waals surface area (Å²) in [5.74, 6) is 1.13. The molecule has 1 unspecified atom stereocenters. The second-order valence-electron chi connectivity index (χ2n) is 7.99. The molecule has 5 rings (SSSR count). The lowest BCUT2D eigenvalue weighted by Crippen LogP contribution is -2.22. The predicted octanol–water partition coefficient (Wildman–Crippen LogP) is 5.18. The summed E-state index contributed by atoms with van der Waals surface area (Å²) in [6.07, 6.45) is 4.71. The third kappa shape index (κ3) is 4.51. The van der Waals surface area contributed by atoms with Crippen molar-refractivity contribution in [3.63, 3.8) is 0 Å². The monoisotopic (exact) mass is 461 g/mol. The van der Waals surface area contributed by atoms with Crippen molar-refractivity contribution in [3.8, 4) is 22.6 Å². The van der Waals surface area contributed by atoms with E-state index < -0.39 is 0 Å². The molecule has 0 saturated carbocycles. The molecular weight excluding hydrogens is 438 g/mol. The third-order valence-electron chi connectivity index (χ3n) is 5.78. The van der Waals surface area contributed by atoms with Gasteiger partial charge in [-0.1, -0.05) is 17.7 Å². The zero-order valence-electron chi connectivity index (χ0n) is 18.1. The summed E-state index contributed by atoms with van der Waals surface area (Å²) < 4.78 is 5.25. The van der Waals surface area contributed by atoms with Crippen LogP contribution in [0.1, 0.15) is 6.42 Å². The maximum atomic E-state index is 10.1. The Hall–Kier alpha value is -3.55. The van der Waals surface area contributed by atoms with Gasteiger partial charge in [0, 0.05) is 29.9 Å². The standard InChI is InChI=1S/C25H24ClN5O2/c1-33-23-12-16(11-20(26)25(23)32)15-2-4-21-19(10-15)22(7-9-28-21)30-17-3-5-24(29-14-17)31-18-6-8-27-13-18/h2-5,7,9-12,14,18,27,32H,6,8,13H2,1H3,(H,28,30)(H,29,31). The molecule has 8 heteroatoms. The number of benzene rings is 2. The number of nitrogens with zero attached hydrogens (tertiary/aromatic N) is 2. The zero-order chi connectivity index (χ0) is 22.8. The molecule has 4 aromatic rings. The van der Waals surface area contributed by atoms with Gasteiger partial charge in [0.05, 0.1) is 29.5 Å². The fraction of sp³-hybridized carbons (Fsp3) is 0.200. The predicted molar refractivity (Wildman–Crippen MR) is 133 cm³/mol. The van der Waals surface area contributed by atoms with Crippen molar-refractivity contribution in [3.05, 3.63) is 65.9 Å². The van der Waals surface area contributed by atoms with Gasteiger partial charge in [0.1, 0.15) is 5.82 Å². The Morgan fingerprint density at radius 1 is 1.09 bits per heavy atom. The summed E-state index contributed by atoms with van der Waals surface area (Å²) in [7, 11) is 1.50. The number of methoxy groups -OCH3 is 1. The molecule has 7 nitrogen and oxygen atoms in total. The number of hydrogen-bond acceptors (Lipinski definition) is 7. The first-order valence-electron chi connectivity index (χ1n) is 10.8. The van der Waals surface area contributed by atoms with E-state index in [1.54, 1.807) is 18.3 Å². The molecule has 0 radical (unpaired) electrons. The number of aromatic hydroxyl groups is 1. The molecule has 1 atom stereocenters. The Morgan fingerprint density at radius 3 is 2.76 bits per heavy atom. The third-order valence-corrected chi connectivity index (χ3v) is 6.07. The van der Waals surface area contributed by atoms with Crippen molar-refractivity contribution in [1.29, 1.82) is 0 Å². The van der Waals surface area contributed by atoms with Crippen molar-refractivity contribution in [2.45, 2.75) is 12.5 Å². The van der Waals surface area contributed by atoms with Crippen LogP contribution in [0.3, 0.4) is 0 Å². The van der Waals surface area contributed by atoms with E-state index in [-0.39, 0.29) is 10.8 Å². The van der Waals surface area contributed by atoms with Gasteiger partial charge in [-0.2, -0.15) is 0 Å². The van der Waals surface area contributed by atoms with Gasteiger partial charge in [0.25, 0.3) is 0 Å². The Morgan fingerprint density at radius 2 is 2.00 bits per heavy atom. The van der Waals surface area contributed by atoms with Crippen molar-refractivity contribution in [2.75, 3.05) is 30.8 Å². The van der Waals surface area contributed by atoms with Crippen LogP contribution in [-0.2, 0) is 0 Å². The molecule has 0 bridgehead atoms. The topological polar surface area (TPSA) is 91.3 Å². The summed E-state index contributed by atoms with van der Waals surface area (Å²) in [5.41, 5.74) is 4.44. The molecule has 0 spiro atoms. The first kappa shape index (κ1) is 21.3. The molecule has 168 valence electrons. The summed E-state index contributed by atoms with van der Waals surface area (Å²) >= 11 is 6.20. The van der Waals surface area contributed by atoms with Crippen LogP contribution in [0, 0.1) is 0 Å². The molecule has 1 saturated heterocycles. The van der Waals surface area contributed by atoms with Crippen molar-refractivity contribution in [1.82, 2.24) is 15.3 Å². The molecular formula is C25H24ClN5O2. The number of ether oxygens (including phenoxy) is 1. The summed E-state index contributed by atoms with van der Waals surface area (Å²) in [6.45, 7) is 2.00. The summed E-state index contributed by atoms with van der Waals surface area (Å²) in [5, 5.41) is 21.5. The maximum Gasteiger partial charge on any atom is 0.176 e. The fourth-order valence-corrected chi connectivity index (χ4v) is 4.24. The van der Waals surface area contributed by atoms with E-state index in [4.69, 9.17) is 16.3 Å². The Labute approximate surface area is 196 Å². The highest BCUT2D eigenvalue weighted by Gasteiger charge is 2.14. The summed E-state index contributed by atoms with van der Waals surface area (Å²) in [6, 6.07) is 15.8. The lowest BCUT2D eigenvalue weighted by molar-refractivity contribution is 0.374. The fourth-order valence-electron chi connectivity index (χ4n) is 4.03. The molecule has 2 aromatic heterocycles. The Kier molecular flexibility index (Phi) is 5.90. The van der Waals surface area contributed by atoms with Gasteiger partial charge >= 0.3 is 0 Å². The maximum absolute atomic E-state index is 10.1. The van der Waals surface area contributed by atoms with Crippen LogP contribution in [0.5, 0.6) is 11.5 Å². The van der Waals surface area contributed by atoms with Crippen molar-refractivity contribution in [2.24, 2.45) is 0 Å². The van der Waals surface area contributed by atoms with E-state index in [2.05, 4.69) is 25.9 Å². The van der Waals surface area contributed by atoms with Gasteiger partial charge in [0.15, 0.2) is 11.5 Å². The number of hydrogen-bond donors (Lipinski definition) is 4. The smallest absolute Gasteiger partial charge is 0.176 e. The molecule has 1 fully saturated rings.